The molecule has 1 saturated carbocycles. The van der Waals surface area contributed by atoms with Crippen LogP contribution < -0.4 is 5.32 Å². The highest BCUT2D eigenvalue weighted by Crippen LogP contribution is 2.53. The van der Waals surface area contributed by atoms with Crippen LogP contribution in [-0.2, 0) is 14.4 Å². The monoisotopic (exact) mass is 563 g/mol. The zero-order chi connectivity index (χ0) is 29.3. The number of ketones is 3. The van der Waals surface area contributed by atoms with E-state index < -0.39 is 52.3 Å². The molecule has 1 aliphatic carbocycles. The molecule has 1 saturated heterocycles. The Labute approximate surface area is 243 Å². The maximum atomic E-state index is 15.5. The van der Waals surface area contributed by atoms with Crippen LogP contribution in [0.4, 0.5) is 8.78 Å². The molecule has 4 aromatic carbocycles. The van der Waals surface area contributed by atoms with Crippen LogP contribution in [0, 0.1) is 28.9 Å². The molecule has 212 valence electrons. The Morgan fingerprint density at radius 1 is 0.667 bits per heavy atom. The average molecular weight is 564 g/mol. The van der Waals surface area contributed by atoms with Crippen LogP contribution in [-0.4, -0.2) is 30.4 Å². The summed E-state index contributed by atoms with van der Waals surface area (Å²) >= 11 is 0. The third-order valence-corrected chi connectivity index (χ3v) is 9.13. The Morgan fingerprint density at radius 3 is 1.60 bits per heavy atom. The number of halogens is 2. The van der Waals surface area contributed by atoms with E-state index in [1.54, 1.807) is 84.9 Å². The molecule has 0 amide bonds. The lowest BCUT2D eigenvalue weighted by atomic mass is 9.53. The summed E-state index contributed by atoms with van der Waals surface area (Å²) in [5.74, 6) is -5.38. The second-order valence-corrected chi connectivity index (χ2v) is 11.3. The van der Waals surface area contributed by atoms with Crippen LogP contribution in [0.2, 0.25) is 0 Å². The summed E-state index contributed by atoms with van der Waals surface area (Å²) in [6, 6.07) is 30.0. The minimum atomic E-state index is -1.67. The lowest BCUT2D eigenvalue weighted by Crippen LogP contribution is -2.56. The lowest BCUT2D eigenvalue weighted by molar-refractivity contribution is -0.152. The van der Waals surface area contributed by atoms with Crippen molar-refractivity contribution >= 4 is 17.3 Å². The molecule has 1 N–H and O–H groups in total. The maximum absolute atomic E-state index is 15.5. The first-order valence-corrected chi connectivity index (χ1v) is 14.3. The third-order valence-electron chi connectivity index (χ3n) is 9.13. The number of nitrogens with one attached hydrogen (secondary N) is 1. The van der Waals surface area contributed by atoms with Gasteiger partial charge in [-0.25, -0.2) is 8.78 Å². The van der Waals surface area contributed by atoms with Crippen LogP contribution in [0.1, 0.15) is 46.9 Å². The quantitative estimate of drug-likeness (QED) is 0.258. The predicted octanol–water partition coefficient (Wildman–Crippen LogP) is 6.25. The number of hydrogen-bond acceptors (Lipinski definition) is 4. The summed E-state index contributed by atoms with van der Waals surface area (Å²) in [5.41, 5.74) is -0.222. The smallest absolute Gasteiger partial charge is 0.158 e. The molecular weight excluding hydrogens is 532 g/mol. The Balaban J connectivity index is 1.60. The first-order valence-electron chi connectivity index (χ1n) is 14.3. The number of fused-ring (bicyclic) bond motifs is 1. The number of carbonyl (C=O) groups excluding carboxylic acids is 3. The van der Waals surface area contributed by atoms with Crippen molar-refractivity contribution in [1.29, 1.82) is 0 Å². The fourth-order valence-electron chi connectivity index (χ4n) is 7.13. The molecule has 0 aromatic heterocycles. The number of carbonyl (C=O) groups is 3. The van der Waals surface area contributed by atoms with Gasteiger partial charge in [-0.05, 0) is 29.7 Å². The molecule has 42 heavy (non-hydrogen) atoms. The van der Waals surface area contributed by atoms with E-state index >= 15 is 18.4 Å². The summed E-state index contributed by atoms with van der Waals surface area (Å²) in [5, 5.41) is 3.25. The van der Waals surface area contributed by atoms with E-state index in [1.165, 1.54) is 12.1 Å². The van der Waals surface area contributed by atoms with Crippen molar-refractivity contribution < 1.29 is 23.2 Å². The van der Waals surface area contributed by atoms with Gasteiger partial charge in [-0.15, -0.1) is 0 Å². The van der Waals surface area contributed by atoms with Gasteiger partial charge in [-0.3, -0.25) is 14.4 Å². The van der Waals surface area contributed by atoms with Gasteiger partial charge in [0.05, 0.1) is 17.3 Å². The van der Waals surface area contributed by atoms with Crippen molar-refractivity contribution in [3.63, 3.8) is 0 Å². The van der Waals surface area contributed by atoms with Gasteiger partial charge in [0, 0.05) is 42.5 Å². The topological polar surface area (TPSA) is 63.2 Å². The Hall–Kier alpha value is -4.29. The standard InChI is InChI=1S/C36H31F2NO3/c37-29-17-9-7-15-25(29)32(23-11-3-1-4-12-23)34(41)36(20-19-31(40)27-21-39-22-28(27)36)35(42)33(24-13-5-2-6-14-24)26-16-8-10-18-30(26)38/h1-18,27-28,32-33,39H,19-22H2/t27-,28+,32?,33?,36?/m0/s1. The molecule has 2 unspecified atom stereocenters. The van der Waals surface area contributed by atoms with Gasteiger partial charge in [-0.2, -0.15) is 0 Å². The summed E-state index contributed by atoms with van der Waals surface area (Å²) in [6.45, 7) is 0.642. The van der Waals surface area contributed by atoms with E-state index in [1.807, 2.05) is 12.1 Å². The van der Waals surface area contributed by atoms with E-state index in [4.69, 9.17) is 0 Å². The summed E-state index contributed by atoms with van der Waals surface area (Å²) in [6.07, 6.45) is 0.0276. The first-order chi connectivity index (χ1) is 20.4. The lowest BCUT2D eigenvalue weighted by Gasteiger charge is -2.45. The van der Waals surface area contributed by atoms with E-state index in [0.29, 0.717) is 17.7 Å². The number of benzene rings is 4. The molecule has 0 radical (unpaired) electrons. The van der Waals surface area contributed by atoms with Crippen LogP contribution in [0.15, 0.2) is 109 Å². The van der Waals surface area contributed by atoms with Crippen molar-refractivity contribution in [2.75, 3.05) is 13.1 Å². The summed E-state index contributed by atoms with van der Waals surface area (Å²) < 4.78 is 31.0. The third kappa shape index (κ3) is 4.70. The van der Waals surface area contributed by atoms with Crippen molar-refractivity contribution in [1.82, 2.24) is 5.32 Å². The molecule has 2 aliphatic rings. The van der Waals surface area contributed by atoms with Gasteiger partial charge in [0.15, 0.2) is 11.6 Å². The Morgan fingerprint density at radius 2 is 1.12 bits per heavy atom. The van der Waals surface area contributed by atoms with Gasteiger partial charge >= 0.3 is 0 Å². The van der Waals surface area contributed by atoms with E-state index in [9.17, 15) is 4.79 Å². The predicted molar refractivity (Wildman–Crippen MR) is 156 cm³/mol. The highest BCUT2D eigenvalue weighted by molar-refractivity contribution is 6.15. The molecule has 1 aliphatic heterocycles. The second kappa shape index (κ2) is 11.5. The molecule has 4 aromatic rings. The molecule has 2 fully saturated rings. The highest BCUT2D eigenvalue weighted by Gasteiger charge is 2.62. The van der Waals surface area contributed by atoms with Crippen LogP contribution >= 0.6 is 0 Å². The van der Waals surface area contributed by atoms with Crippen LogP contribution in [0.5, 0.6) is 0 Å². The fraction of sp³-hybridized carbons (Fsp3) is 0.250. The molecule has 6 rings (SSSR count). The molecule has 0 spiro atoms. The molecule has 6 heteroatoms. The summed E-state index contributed by atoms with van der Waals surface area (Å²) in [4.78, 5) is 43.7. The van der Waals surface area contributed by atoms with E-state index in [-0.39, 0.29) is 36.3 Å². The average Bonchev–Trinajstić information content (AvgIpc) is 3.52. The Bertz CT molecular complexity index is 1520. The minimum Gasteiger partial charge on any atom is -0.316 e. The van der Waals surface area contributed by atoms with Gasteiger partial charge in [0.1, 0.15) is 17.4 Å². The number of rotatable bonds is 8. The number of Topliss-reactive ketones (excluding diaryl/α,β-unsaturated/α-hetero) is 3. The fourth-order valence-corrected chi connectivity index (χ4v) is 7.13. The largest absolute Gasteiger partial charge is 0.316 e. The van der Waals surface area contributed by atoms with Gasteiger partial charge < -0.3 is 5.32 Å². The van der Waals surface area contributed by atoms with Gasteiger partial charge in [0.25, 0.3) is 0 Å². The molecular formula is C36H31F2NO3. The SMILES string of the molecule is O=C1CCC(C(=O)C(c2ccccc2)c2ccccc2F)(C(=O)C(c2ccccc2)c2ccccc2F)[C@@H]2CNC[C@H]12. The number of hydrogen-bond donors (Lipinski definition) is 1. The highest BCUT2D eigenvalue weighted by atomic mass is 19.1. The van der Waals surface area contributed by atoms with Crippen LogP contribution in [0.25, 0.3) is 0 Å². The van der Waals surface area contributed by atoms with Crippen molar-refractivity contribution in [2.45, 2.75) is 24.7 Å². The molecule has 4 atom stereocenters. The zero-order valence-corrected chi connectivity index (χ0v) is 23.0. The van der Waals surface area contributed by atoms with Gasteiger partial charge in [0.2, 0.25) is 0 Å². The van der Waals surface area contributed by atoms with Gasteiger partial charge in [-0.1, -0.05) is 97.1 Å². The summed E-state index contributed by atoms with van der Waals surface area (Å²) in [7, 11) is 0. The molecule has 4 nitrogen and oxygen atoms in total. The maximum Gasteiger partial charge on any atom is 0.158 e. The van der Waals surface area contributed by atoms with Crippen molar-refractivity contribution in [2.24, 2.45) is 17.3 Å². The molecule has 0 bridgehead atoms. The van der Waals surface area contributed by atoms with Crippen molar-refractivity contribution in [3.8, 4) is 0 Å². The Kier molecular flexibility index (Phi) is 7.65. The van der Waals surface area contributed by atoms with E-state index in [0.717, 1.165) is 0 Å². The minimum absolute atomic E-state index is 0.00512. The normalized spacial score (nSPS) is 23.1. The van der Waals surface area contributed by atoms with E-state index in [2.05, 4.69) is 5.32 Å². The zero-order valence-electron chi connectivity index (χ0n) is 23.0. The molecule has 1 heterocycles. The second-order valence-electron chi connectivity index (χ2n) is 11.3. The van der Waals surface area contributed by atoms with Crippen molar-refractivity contribution in [3.05, 3.63) is 143 Å². The first kappa shape index (κ1) is 27.9. The van der Waals surface area contributed by atoms with Crippen LogP contribution in [0.3, 0.4) is 0 Å².